The standard InChI is InChI=1S/C18H22N4O2/c1-11(23)13-6-8-14(9-7-13)21-17(24)15-10-16(20-12(2)19-15)22-18(3,4)5/h6-10H,1-5H3,(H,21,24)(H,19,20,22). The van der Waals surface area contributed by atoms with E-state index < -0.39 is 0 Å². The number of benzene rings is 1. The maximum atomic E-state index is 12.4. The second kappa shape index (κ2) is 6.78. The number of ketones is 1. The molecule has 0 bridgehead atoms. The fourth-order valence-electron chi connectivity index (χ4n) is 2.12. The molecule has 0 saturated carbocycles. The quantitative estimate of drug-likeness (QED) is 0.841. The van der Waals surface area contributed by atoms with E-state index in [0.717, 1.165) is 0 Å². The lowest BCUT2D eigenvalue weighted by molar-refractivity contribution is 0.101. The second-order valence-corrected chi connectivity index (χ2v) is 6.65. The summed E-state index contributed by atoms with van der Waals surface area (Å²) in [5.41, 5.74) is 1.32. The number of nitrogens with one attached hydrogen (secondary N) is 2. The summed E-state index contributed by atoms with van der Waals surface area (Å²) in [5, 5.41) is 6.01. The van der Waals surface area contributed by atoms with Crippen molar-refractivity contribution in [3.8, 4) is 0 Å². The third-order valence-corrected chi connectivity index (χ3v) is 3.12. The Morgan fingerprint density at radius 1 is 1.04 bits per heavy atom. The van der Waals surface area contributed by atoms with Gasteiger partial charge in [0.2, 0.25) is 0 Å². The van der Waals surface area contributed by atoms with Gasteiger partial charge >= 0.3 is 0 Å². The Bertz CT molecular complexity index is 762. The molecule has 2 aromatic rings. The number of amides is 1. The molecule has 1 amide bonds. The van der Waals surface area contributed by atoms with Crippen molar-refractivity contribution < 1.29 is 9.59 Å². The third-order valence-electron chi connectivity index (χ3n) is 3.12. The third kappa shape index (κ3) is 4.87. The van der Waals surface area contributed by atoms with Crippen molar-refractivity contribution in [2.75, 3.05) is 10.6 Å². The van der Waals surface area contributed by atoms with E-state index in [4.69, 9.17) is 0 Å². The number of hydrogen-bond donors (Lipinski definition) is 2. The van der Waals surface area contributed by atoms with Gasteiger partial charge in [-0.1, -0.05) is 0 Å². The topological polar surface area (TPSA) is 84.0 Å². The second-order valence-electron chi connectivity index (χ2n) is 6.65. The van der Waals surface area contributed by atoms with Gasteiger partial charge in [0, 0.05) is 22.9 Å². The first kappa shape index (κ1) is 17.6. The van der Waals surface area contributed by atoms with Crippen LogP contribution in [-0.2, 0) is 0 Å². The summed E-state index contributed by atoms with van der Waals surface area (Å²) in [6.45, 7) is 9.29. The van der Waals surface area contributed by atoms with Crippen LogP contribution in [0.5, 0.6) is 0 Å². The highest BCUT2D eigenvalue weighted by Crippen LogP contribution is 2.15. The molecule has 0 saturated heterocycles. The van der Waals surface area contributed by atoms with Gasteiger partial charge in [-0.05, 0) is 58.9 Å². The number of carbonyl (C=O) groups is 2. The lowest BCUT2D eigenvalue weighted by Gasteiger charge is -2.21. The Morgan fingerprint density at radius 2 is 1.67 bits per heavy atom. The molecule has 2 N–H and O–H groups in total. The molecule has 0 fully saturated rings. The Balaban J connectivity index is 2.18. The van der Waals surface area contributed by atoms with Crippen LogP contribution in [0, 0.1) is 6.92 Å². The first-order valence-corrected chi connectivity index (χ1v) is 7.70. The van der Waals surface area contributed by atoms with Gasteiger partial charge in [0.05, 0.1) is 0 Å². The molecule has 1 aromatic carbocycles. The van der Waals surface area contributed by atoms with Crippen LogP contribution in [0.2, 0.25) is 0 Å². The van der Waals surface area contributed by atoms with Crippen molar-refractivity contribution in [2.45, 2.75) is 40.2 Å². The maximum absolute atomic E-state index is 12.4. The van der Waals surface area contributed by atoms with Gasteiger partial charge in [-0.2, -0.15) is 0 Å². The van der Waals surface area contributed by atoms with E-state index in [-0.39, 0.29) is 22.9 Å². The van der Waals surface area contributed by atoms with Gasteiger partial charge in [0.15, 0.2) is 5.78 Å². The normalized spacial score (nSPS) is 11.0. The van der Waals surface area contributed by atoms with Crippen LogP contribution in [0.4, 0.5) is 11.5 Å². The minimum atomic E-state index is -0.326. The van der Waals surface area contributed by atoms with Crippen LogP contribution in [-0.4, -0.2) is 27.2 Å². The molecule has 0 spiro atoms. The van der Waals surface area contributed by atoms with Gasteiger partial charge < -0.3 is 10.6 Å². The molecular formula is C18H22N4O2. The molecule has 0 radical (unpaired) electrons. The van der Waals surface area contributed by atoms with Crippen molar-refractivity contribution in [1.29, 1.82) is 0 Å². The van der Waals surface area contributed by atoms with Crippen LogP contribution in [0.3, 0.4) is 0 Å². The molecule has 0 unspecified atom stereocenters. The smallest absolute Gasteiger partial charge is 0.274 e. The van der Waals surface area contributed by atoms with Crippen LogP contribution in [0.15, 0.2) is 30.3 Å². The van der Waals surface area contributed by atoms with Crippen LogP contribution in [0.25, 0.3) is 0 Å². The SMILES string of the molecule is CC(=O)c1ccc(NC(=O)c2cc(NC(C)(C)C)nc(C)n2)cc1. The van der Waals surface area contributed by atoms with Gasteiger partial charge in [-0.3, -0.25) is 9.59 Å². The van der Waals surface area contributed by atoms with E-state index >= 15 is 0 Å². The Kier molecular flexibility index (Phi) is 4.97. The number of carbonyl (C=O) groups excluding carboxylic acids is 2. The summed E-state index contributed by atoms with van der Waals surface area (Å²) in [4.78, 5) is 32.2. The highest BCUT2D eigenvalue weighted by molar-refractivity contribution is 6.03. The first-order chi connectivity index (χ1) is 11.1. The molecule has 1 heterocycles. The molecule has 0 aliphatic heterocycles. The first-order valence-electron chi connectivity index (χ1n) is 7.70. The van der Waals surface area contributed by atoms with E-state index in [1.807, 2.05) is 20.8 Å². The lowest BCUT2D eigenvalue weighted by Crippen LogP contribution is -2.27. The zero-order valence-corrected chi connectivity index (χ0v) is 14.6. The molecule has 126 valence electrons. The minimum absolute atomic E-state index is 0.0165. The Morgan fingerprint density at radius 3 is 2.21 bits per heavy atom. The van der Waals surface area contributed by atoms with E-state index in [9.17, 15) is 9.59 Å². The van der Waals surface area contributed by atoms with E-state index in [0.29, 0.717) is 22.9 Å². The lowest BCUT2D eigenvalue weighted by atomic mass is 10.1. The predicted octanol–water partition coefficient (Wildman–Crippen LogP) is 3.45. The molecule has 0 aliphatic carbocycles. The van der Waals surface area contributed by atoms with Gasteiger partial charge in [0.1, 0.15) is 17.3 Å². The number of Topliss-reactive ketones (excluding diaryl/α,β-unsaturated/α-hetero) is 1. The highest BCUT2D eigenvalue weighted by atomic mass is 16.2. The molecule has 1 aromatic heterocycles. The van der Waals surface area contributed by atoms with Crippen LogP contribution in [0.1, 0.15) is 54.4 Å². The molecule has 6 heteroatoms. The van der Waals surface area contributed by atoms with Gasteiger partial charge in [-0.15, -0.1) is 0 Å². The van der Waals surface area contributed by atoms with Gasteiger partial charge in [-0.25, -0.2) is 9.97 Å². The van der Waals surface area contributed by atoms with Crippen molar-refractivity contribution in [1.82, 2.24) is 9.97 Å². The largest absolute Gasteiger partial charge is 0.365 e. The molecule has 24 heavy (non-hydrogen) atoms. The summed E-state index contributed by atoms with van der Waals surface area (Å²) in [7, 11) is 0. The molecular weight excluding hydrogens is 304 g/mol. The van der Waals surface area contributed by atoms with Crippen LogP contribution < -0.4 is 10.6 Å². The number of hydrogen-bond acceptors (Lipinski definition) is 5. The summed E-state index contributed by atoms with van der Waals surface area (Å²) < 4.78 is 0. The Labute approximate surface area is 141 Å². The summed E-state index contributed by atoms with van der Waals surface area (Å²) in [5.74, 6) is 0.777. The summed E-state index contributed by atoms with van der Waals surface area (Å²) in [6.07, 6.45) is 0. The highest BCUT2D eigenvalue weighted by Gasteiger charge is 2.15. The number of aromatic nitrogens is 2. The monoisotopic (exact) mass is 326 g/mol. The average Bonchev–Trinajstić information content (AvgIpc) is 2.45. The number of aryl methyl sites for hydroxylation is 1. The Hall–Kier alpha value is -2.76. The predicted molar refractivity (Wildman–Crippen MR) is 94.5 cm³/mol. The van der Waals surface area contributed by atoms with Crippen LogP contribution >= 0.6 is 0 Å². The van der Waals surface area contributed by atoms with Crippen molar-refractivity contribution >= 4 is 23.2 Å². The van der Waals surface area contributed by atoms with Crippen molar-refractivity contribution in [2.24, 2.45) is 0 Å². The molecule has 6 nitrogen and oxygen atoms in total. The number of nitrogens with zero attached hydrogens (tertiary/aromatic N) is 2. The van der Waals surface area contributed by atoms with Crippen molar-refractivity contribution in [3.05, 3.63) is 47.4 Å². The zero-order chi connectivity index (χ0) is 17.9. The van der Waals surface area contributed by atoms with E-state index in [1.165, 1.54) is 6.92 Å². The molecule has 2 rings (SSSR count). The van der Waals surface area contributed by atoms with Crippen molar-refractivity contribution in [3.63, 3.8) is 0 Å². The molecule has 0 aliphatic rings. The van der Waals surface area contributed by atoms with Gasteiger partial charge in [0.25, 0.3) is 5.91 Å². The summed E-state index contributed by atoms with van der Waals surface area (Å²) in [6, 6.07) is 8.36. The van der Waals surface area contributed by atoms with E-state index in [1.54, 1.807) is 37.3 Å². The molecule has 0 atom stereocenters. The minimum Gasteiger partial charge on any atom is -0.365 e. The summed E-state index contributed by atoms with van der Waals surface area (Å²) >= 11 is 0. The van der Waals surface area contributed by atoms with E-state index in [2.05, 4.69) is 20.6 Å². The zero-order valence-electron chi connectivity index (χ0n) is 14.6. The fourth-order valence-corrected chi connectivity index (χ4v) is 2.12. The number of rotatable bonds is 4. The average molecular weight is 326 g/mol. The fraction of sp³-hybridized carbons (Fsp3) is 0.333. The number of anilines is 2. The maximum Gasteiger partial charge on any atom is 0.274 e.